The quantitative estimate of drug-likeness (QED) is 0.735. The second-order valence-corrected chi connectivity index (χ2v) is 3.46. The van der Waals surface area contributed by atoms with E-state index in [4.69, 9.17) is 11.5 Å². The molecule has 0 aromatic heterocycles. The van der Waals surface area contributed by atoms with E-state index in [1.165, 1.54) is 0 Å². The maximum atomic E-state index is 11.1. The number of anilines is 1. The molecule has 0 radical (unpaired) electrons. The predicted octanol–water partition coefficient (Wildman–Crippen LogP) is 1.56. The van der Waals surface area contributed by atoms with Gasteiger partial charge in [-0.15, -0.1) is 0 Å². The molecule has 0 unspecified atom stereocenters. The van der Waals surface area contributed by atoms with E-state index < -0.39 is 6.03 Å². The van der Waals surface area contributed by atoms with Crippen molar-refractivity contribution in [1.82, 2.24) is 4.90 Å². The van der Waals surface area contributed by atoms with Gasteiger partial charge in [0.15, 0.2) is 0 Å². The number of nitrogens with zero attached hydrogens (tertiary/aromatic N) is 1. The molecule has 0 aliphatic carbocycles. The molecule has 0 saturated heterocycles. The van der Waals surface area contributed by atoms with E-state index in [2.05, 4.69) is 0 Å². The highest BCUT2D eigenvalue weighted by Crippen LogP contribution is 2.13. The first-order valence-electron chi connectivity index (χ1n) is 5.03. The minimum absolute atomic E-state index is 0.403. The number of urea groups is 1. The molecule has 0 heterocycles. The number of benzene rings is 1. The van der Waals surface area contributed by atoms with Gasteiger partial charge in [-0.3, -0.25) is 0 Å². The maximum Gasteiger partial charge on any atom is 0.315 e. The fraction of sp³-hybridized carbons (Fsp3) is 0.364. The Labute approximate surface area is 89.9 Å². The predicted molar refractivity (Wildman–Crippen MR) is 61.1 cm³/mol. The molecule has 4 N–H and O–H groups in total. The standard InChI is InChI=1S/C11H17N3O/c1-2-7-14(11(13)15)8-9-5-3-4-6-10(9)12/h3-6H,2,7-8,12H2,1H3,(H2,13,15). The molecule has 0 aliphatic heterocycles. The molecule has 0 aliphatic rings. The molecule has 4 heteroatoms. The zero-order valence-electron chi connectivity index (χ0n) is 8.94. The number of rotatable bonds is 4. The van der Waals surface area contributed by atoms with Gasteiger partial charge in [-0.2, -0.15) is 0 Å². The Morgan fingerprint density at radius 2 is 2.07 bits per heavy atom. The van der Waals surface area contributed by atoms with Gasteiger partial charge in [0.25, 0.3) is 0 Å². The number of carbonyl (C=O) groups is 1. The lowest BCUT2D eigenvalue weighted by molar-refractivity contribution is 0.205. The number of hydrogen-bond acceptors (Lipinski definition) is 2. The van der Waals surface area contributed by atoms with E-state index in [0.29, 0.717) is 18.8 Å². The average Bonchev–Trinajstić information content (AvgIpc) is 2.20. The second-order valence-electron chi connectivity index (χ2n) is 3.46. The van der Waals surface area contributed by atoms with Crippen LogP contribution in [0.3, 0.4) is 0 Å². The normalized spacial score (nSPS) is 9.93. The molecule has 1 aromatic rings. The van der Waals surface area contributed by atoms with E-state index in [9.17, 15) is 4.79 Å². The number of hydrogen-bond donors (Lipinski definition) is 2. The summed E-state index contributed by atoms with van der Waals surface area (Å²) < 4.78 is 0. The lowest BCUT2D eigenvalue weighted by atomic mass is 10.1. The topological polar surface area (TPSA) is 72.3 Å². The number of nitrogens with two attached hydrogens (primary N) is 2. The van der Waals surface area contributed by atoms with Gasteiger partial charge in [0.2, 0.25) is 0 Å². The Morgan fingerprint density at radius 3 is 2.60 bits per heavy atom. The summed E-state index contributed by atoms with van der Waals surface area (Å²) in [4.78, 5) is 12.7. The van der Waals surface area contributed by atoms with Gasteiger partial charge in [-0.05, 0) is 18.1 Å². The van der Waals surface area contributed by atoms with Crippen molar-refractivity contribution in [2.24, 2.45) is 5.73 Å². The van der Waals surface area contributed by atoms with Crippen LogP contribution >= 0.6 is 0 Å². The Balaban J connectivity index is 2.74. The summed E-state index contributed by atoms with van der Waals surface area (Å²) in [7, 11) is 0. The van der Waals surface area contributed by atoms with Gasteiger partial charge in [-0.25, -0.2) is 4.79 Å². The largest absolute Gasteiger partial charge is 0.398 e. The minimum Gasteiger partial charge on any atom is -0.398 e. The van der Waals surface area contributed by atoms with Gasteiger partial charge in [0.05, 0.1) is 0 Å². The lowest BCUT2D eigenvalue weighted by Gasteiger charge is -2.20. The monoisotopic (exact) mass is 207 g/mol. The summed E-state index contributed by atoms with van der Waals surface area (Å²) in [5.74, 6) is 0. The average molecular weight is 207 g/mol. The van der Waals surface area contributed by atoms with E-state index in [-0.39, 0.29) is 0 Å². The first kappa shape index (κ1) is 11.4. The summed E-state index contributed by atoms with van der Waals surface area (Å²) in [5, 5.41) is 0. The summed E-state index contributed by atoms with van der Waals surface area (Å²) in [5.41, 5.74) is 12.7. The summed E-state index contributed by atoms with van der Waals surface area (Å²) in [6.45, 7) is 3.14. The molecular weight excluding hydrogens is 190 g/mol. The third-order valence-electron chi connectivity index (χ3n) is 2.22. The van der Waals surface area contributed by atoms with Crippen LogP contribution in [-0.2, 0) is 6.54 Å². The molecule has 0 spiro atoms. The molecule has 4 nitrogen and oxygen atoms in total. The van der Waals surface area contributed by atoms with Crippen molar-refractivity contribution in [3.63, 3.8) is 0 Å². The molecule has 15 heavy (non-hydrogen) atoms. The third-order valence-corrected chi connectivity index (χ3v) is 2.22. The van der Waals surface area contributed by atoms with Gasteiger partial charge in [0.1, 0.15) is 0 Å². The van der Waals surface area contributed by atoms with Crippen molar-refractivity contribution in [2.45, 2.75) is 19.9 Å². The molecule has 2 amide bonds. The molecule has 1 aromatic carbocycles. The van der Waals surface area contributed by atoms with Gasteiger partial charge >= 0.3 is 6.03 Å². The Hall–Kier alpha value is -1.71. The van der Waals surface area contributed by atoms with Crippen LogP contribution in [0.15, 0.2) is 24.3 Å². The van der Waals surface area contributed by atoms with Gasteiger partial charge in [-0.1, -0.05) is 25.1 Å². The van der Waals surface area contributed by atoms with Crippen molar-refractivity contribution < 1.29 is 4.79 Å². The van der Waals surface area contributed by atoms with E-state index in [1.807, 2.05) is 31.2 Å². The van der Waals surface area contributed by atoms with Crippen LogP contribution in [0, 0.1) is 0 Å². The molecule has 0 saturated carbocycles. The number of carbonyl (C=O) groups excluding carboxylic acids is 1. The smallest absolute Gasteiger partial charge is 0.315 e. The minimum atomic E-state index is -0.403. The van der Waals surface area contributed by atoms with E-state index in [0.717, 1.165) is 12.0 Å². The van der Waals surface area contributed by atoms with Crippen LogP contribution in [0.1, 0.15) is 18.9 Å². The van der Waals surface area contributed by atoms with Crippen molar-refractivity contribution in [2.75, 3.05) is 12.3 Å². The first-order chi connectivity index (χ1) is 7.15. The summed E-state index contributed by atoms with van der Waals surface area (Å²) >= 11 is 0. The van der Waals surface area contributed by atoms with Crippen LogP contribution in [0.2, 0.25) is 0 Å². The van der Waals surface area contributed by atoms with Crippen LogP contribution in [-0.4, -0.2) is 17.5 Å². The lowest BCUT2D eigenvalue weighted by Crippen LogP contribution is -2.35. The van der Waals surface area contributed by atoms with Crippen LogP contribution in [0.25, 0.3) is 0 Å². The van der Waals surface area contributed by atoms with Crippen molar-refractivity contribution in [3.8, 4) is 0 Å². The third kappa shape index (κ3) is 3.16. The highest BCUT2D eigenvalue weighted by atomic mass is 16.2. The Morgan fingerprint density at radius 1 is 1.40 bits per heavy atom. The van der Waals surface area contributed by atoms with E-state index >= 15 is 0 Å². The van der Waals surface area contributed by atoms with Crippen LogP contribution in [0.5, 0.6) is 0 Å². The zero-order valence-corrected chi connectivity index (χ0v) is 8.94. The van der Waals surface area contributed by atoms with E-state index in [1.54, 1.807) is 4.90 Å². The number of para-hydroxylation sites is 1. The number of primary amides is 1. The first-order valence-corrected chi connectivity index (χ1v) is 5.03. The summed E-state index contributed by atoms with van der Waals surface area (Å²) in [6, 6.07) is 7.09. The van der Waals surface area contributed by atoms with Crippen molar-refractivity contribution in [1.29, 1.82) is 0 Å². The highest BCUT2D eigenvalue weighted by Gasteiger charge is 2.10. The SMILES string of the molecule is CCCN(Cc1ccccc1N)C(N)=O. The van der Waals surface area contributed by atoms with Crippen molar-refractivity contribution >= 4 is 11.7 Å². The zero-order chi connectivity index (χ0) is 11.3. The highest BCUT2D eigenvalue weighted by molar-refractivity contribution is 5.72. The fourth-order valence-electron chi connectivity index (χ4n) is 1.42. The molecule has 0 fully saturated rings. The van der Waals surface area contributed by atoms with Crippen LogP contribution < -0.4 is 11.5 Å². The maximum absolute atomic E-state index is 11.1. The van der Waals surface area contributed by atoms with Gasteiger partial charge < -0.3 is 16.4 Å². The molecular formula is C11H17N3O. The van der Waals surface area contributed by atoms with Crippen molar-refractivity contribution in [3.05, 3.63) is 29.8 Å². The second kappa shape index (κ2) is 5.24. The van der Waals surface area contributed by atoms with Crippen LogP contribution in [0.4, 0.5) is 10.5 Å². The molecule has 0 bridgehead atoms. The van der Waals surface area contributed by atoms with Gasteiger partial charge in [0, 0.05) is 18.8 Å². The fourth-order valence-corrected chi connectivity index (χ4v) is 1.42. The summed E-state index contributed by atoms with van der Waals surface area (Å²) in [6.07, 6.45) is 0.885. The molecule has 1 rings (SSSR count). The Kier molecular flexibility index (Phi) is 3.97. The number of amides is 2. The Bertz CT molecular complexity index is 338. The molecule has 82 valence electrons. The molecule has 0 atom stereocenters. The number of nitrogen functional groups attached to an aromatic ring is 1.